The fourth-order valence-corrected chi connectivity index (χ4v) is 3.38. The molecule has 4 nitrogen and oxygen atoms in total. The zero-order valence-electron chi connectivity index (χ0n) is 14.6. The first kappa shape index (κ1) is 17.5. The zero-order valence-corrected chi connectivity index (χ0v) is 14.6. The maximum absolute atomic E-state index is 12.6. The van der Waals surface area contributed by atoms with E-state index in [1.165, 1.54) is 0 Å². The summed E-state index contributed by atoms with van der Waals surface area (Å²) >= 11 is 0. The van der Waals surface area contributed by atoms with Crippen molar-refractivity contribution in [1.82, 2.24) is 4.90 Å². The molecule has 0 bridgehead atoms. The Morgan fingerprint density at radius 1 is 1.12 bits per heavy atom. The molecule has 1 fully saturated rings. The SMILES string of the molecule is CCOc1ccc(C(=O)N2CCC(C(O)c3ccccc3)CC2)cc1. The molecular weight excluding hydrogens is 314 g/mol. The van der Waals surface area contributed by atoms with Gasteiger partial charge in [-0.05, 0) is 55.5 Å². The molecule has 1 aliphatic heterocycles. The van der Waals surface area contributed by atoms with E-state index in [1.807, 2.05) is 66.4 Å². The van der Waals surface area contributed by atoms with E-state index in [-0.39, 0.29) is 11.8 Å². The first-order chi connectivity index (χ1) is 12.2. The van der Waals surface area contributed by atoms with Crippen LogP contribution >= 0.6 is 0 Å². The van der Waals surface area contributed by atoms with Crippen LogP contribution in [0.25, 0.3) is 0 Å². The van der Waals surface area contributed by atoms with E-state index in [9.17, 15) is 9.90 Å². The van der Waals surface area contributed by atoms with Crippen LogP contribution in [0.4, 0.5) is 0 Å². The number of amides is 1. The zero-order chi connectivity index (χ0) is 17.6. The van der Waals surface area contributed by atoms with Crippen molar-refractivity contribution in [2.24, 2.45) is 5.92 Å². The normalized spacial score (nSPS) is 16.5. The predicted molar refractivity (Wildman–Crippen MR) is 97.6 cm³/mol. The number of piperidine rings is 1. The van der Waals surface area contributed by atoms with Gasteiger partial charge in [-0.25, -0.2) is 0 Å². The maximum Gasteiger partial charge on any atom is 0.253 e. The average molecular weight is 339 g/mol. The van der Waals surface area contributed by atoms with Gasteiger partial charge in [0.25, 0.3) is 5.91 Å². The van der Waals surface area contributed by atoms with Gasteiger partial charge in [-0.1, -0.05) is 30.3 Å². The number of ether oxygens (including phenoxy) is 1. The quantitative estimate of drug-likeness (QED) is 0.904. The fourth-order valence-electron chi connectivity index (χ4n) is 3.38. The van der Waals surface area contributed by atoms with Gasteiger partial charge in [0.1, 0.15) is 5.75 Å². The Labute approximate surface area is 149 Å². The molecule has 0 aromatic heterocycles. The number of benzene rings is 2. The van der Waals surface area contributed by atoms with E-state index in [2.05, 4.69) is 0 Å². The summed E-state index contributed by atoms with van der Waals surface area (Å²) in [7, 11) is 0. The van der Waals surface area contributed by atoms with E-state index in [1.54, 1.807) is 0 Å². The highest BCUT2D eigenvalue weighted by molar-refractivity contribution is 5.94. The lowest BCUT2D eigenvalue weighted by atomic mass is 9.87. The lowest BCUT2D eigenvalue weighted by molar-refractivity contribution is 0.0462. The Morgan fingerprint density at radius 2 is 1.76 bits per heavy atom. The number of carbonyl (C=O) groups is 1. The highest BCUT2D eigenvalue weighted by Gasteiger charge is 2.28. The van der Waals surface area contributed by atoms with Crippen molar-refractivity contribution in [2.45, 2.75) is 25.9 Å². The number of aliphatic hydroxyl groups is 1. The molecule has 1 heterocycles. The molecule has 1 saturated heterocycles. The Hall–Kier alpha value is -2.33. The van der Waals surface area contributed by atoms with Crippen molar-refractivity contribution in [3.8, 4) is 5.75 Å². The molecule has 0 saturated carbocycles. The standard InChI is InChI=1S/C21H25NO3/c1-2-25-19-10-8-18(9-11-19)21(24)22-14-12-17(13-15-22)20(23)16-6-4-3-5-7-16/h3-11,17,20,23H,2,12-15H2,1H3. The molecule has 1 N–H and O–H groups in total. The van der Waals surface area contributed by atoms with Gasteiger partial charge in [-0.15, -0.1) is 0 Å². The Kier molecular flexibility index (Phi) is 5.71. The molecule has 1 aliphatic rings. The van der Waals surface area contributed by atoms with Crippen LogP contribution in [0.2, 0.25) is 0 Å². The number of hydrogen-bond donors (Lipinski definition) is 1. The molecule has 0 spiro atoms. The van der Waals surface area contributed by atoms with Gasteiger partial charge in [-0.2, -0.15) is 0 Å². The topological polar surface area (TPSA) is 49.8 Å². The lowest BCUT2D eigenvalue weighted by Gasteiger charge is -2.34. The first-order valence-corrected chi connectivity index (χ1v) is 8.94. The second kappa shape index (κ2) is 8.17. The summed E-state index contributed by atoms with van der Waals surface area (Å²) in [6.45, 7) is 3.92. The van der Waals surface area contributed by atoms with Crippen LogP contribution in [0, 0.1) is 5.92 Å². The minimum atomic E-state index is -0.455. The summed E-state index contributed by atoms with van der Waals surface area (Å²) in [6, 6.07) is 17.1. The van der Waals surface area contributed by atoms with Crippen LogP contribution in [0.1, 0.15) is 41.8 Å². The van der Waals surface area contributed by atoms with E-state index >= 15 is 0 Å². The molecule has 132 valence electrons. The molecule has 4 heteroatoms. The monoisotopic (exact) mass is 339 g/mol. The number of aliphatic hydroxyl groups excluding tert-OH is 1. The Balaban J connectivity index is 1.57. The van der Waals surface area contributed by atoms with E-state index in [0.29, 0.717) is 25.3 Å². The highest BCUT2D eigenvalue weighted by Crippen LogP contribution is 2.31. The molecule has 3 rings (SSSR count). The van der Waals surface area contributed by atoms with E-state index < -0.39 is 6.10 Å². The summed E-state index contributed by atoms with van der Waals surface area (Å²) in [6.07, 6.45) is 1.18. The molecule has 2 aromatic carbocycles. The first-order valence-electron chi connectivity index (χ1n) is 8.94. The van der Waals surface area contributed by atoms with E-state index in [0.717, 1.165) is 24.2 Å². The number of hydrogen-bond acceptors (Lipinski definition) is 3. The van der Waals surface area contributed by atoms with Crippen LogP contribution < -0.4 is 4.74 Å². The highest BCUT2D eigenvalue weighted by atomic mass is 16.5. The van der Waals surface area contributed by atoms with Crippen molar-refractivity contribution >= 4 is 5.91 Å². The molecule has 1 atom stereocenters. The third-order valence-electron chi connectivity index (χ3n) is 4.83. The van der Waals surface area contributed by atoms with Crippen LogP contribution in [-0.2, 0) is 0 Å². The third-order valence-corrected chi connectivity index (χ3v) is 4.83. The predicted octanol–water partition coefficient (Wildman–Crippen LogP) is 3.67. The van der Waals surface area contributed by atoms with Crippen molar-refractivity contribution < 1.29 is 14.6 Å². The minimum absolute atomic E-state index is 0.0516. The van der Waals surface area contributed by atoms with Crippen LogP contribution in [-0.4, -0.2) is 35.6 Å². The van der Waals surface area contributed by atoms with Gasteiger partial charge < -0.3 is 14.7 Å². The molecule has 0 aliphatic carbocycles. The third kappa shape index (κ3) is 4.20. The lowest BCUT2D eigenvalue weighted by Crippen LogP contribution is -2.39. The number of likely N-dealkylation sites (tertiary alicyclic amines) is 1. The molecule has 25 heavy (non-hydrogen) atoms. The summed E-state index contributed by atoms with van der Waals surface area (Å²) in [4.78, 5) is 14.5. The van der Waals surface area contributed by atoms with Gasteiger partial charge in [0.15, 0.2) is 0 Å². The number of nitrogens with zero attached hydrogens (tertiary/aromatic N) is 1. The van der Waals surface area contributed by atoms with Gasteiger partial charge in [0.05, 0.1) is 12.7 Å². The maximum atomic E-state index is 12.6. The van der Waals surface area contributed by atoms with Crippen LogP contribution in [0.15, 0.2) is 54.6 Å². The molecule has 0 radical (unpaired) electrons. The number of rotatable bonds is 5. The van der Waals surface area contributed by atoms with Crippen molar-refractivity contribution in [2.75, 3.05) is 19.7 Å². The minimum Gasteiger partial charge on any atom is -0.494 e. The number of carbonyl (C=O) groups excluding carboxylic acids is 1. The molecular formula is C21H25NO3. The fraction of sp³-hybridized carbons (Fsp3) is 0.381. The van der Waals surface area contributed by atoms with Crippen molar-refractivity contribution in [1.29, 1.82) is 0 Å². The van der Waals surface area contributed by atoms with E-state index in [4.69, 9.17) is 4.74 Å². The second-order valence-electron chi connectivity index (χ2n) is 6.44. The van der Waals surface area contributed by atoms with Gasteiger partial charge >= 0.3 is 0 Å². The molecule has 2 aromatic rings. The molecule has 1 unspecified atom stereocenters. The van der Waals surface area contributed by atoms with Crippen LogP contribution in [0.3, 0.4) is 0 Å². The summed E-state index contributed by atoms with van der Waals surface area (Å²) in [5.41, 5.74) is 1.64. The average Bonchev–Trinajstić information content (AvgIpc) is 2.68. The van der Waals surface area contributed by atoms with Gasteiger partial charge in [0, 0.05) is 18.7 Å². The molecule has 1 amide bonds. The summed E-state index contributed by atoms with van der Waals surface area (Å²) in [5.74, 6) is 1.03. The van der Waals surface area contributed by atoms with Gasteiger partial charge in [0.2, 0.25) is 0 Å². The van der Waals surface area contributed by atoms with Crippen LogP contribution in [0.5, 0.6) is 5.75 Å². The van der Waals surface area contributed by atoms with Crippen molar-refractivity contribution in [3.05, 3.63) is 65.7 Å². The second-order valence-corrected chi connectivity index (χ2v) is 6.44. The largest absolute Gasteiger partial charge is 0.494 e. The summed E-state index contributed by atoms with van der Waals surface area (Å²) < 4.78 is 5.42. The smallest absolute Gasteiger partial charge is 0.253 e. The van der Waals surface area contributed by atoms with Crippen molar-refractivity contribution in [3.63, 3.8) is 0 Å². The Morgan fingerprint density at radius 3 is 2.36 bits per heavy atom. The summed E-state index contributed by atoms with van der Waals surface area (Å²) in [5, 5.41) is 10.6. The Bertz CT molecular complexity index is 676. The van der Waals surface area contributed by atoms with Gasteiger partial charge in [-0.3, -0.25) is 4.79 Å².